The molecule has 2 aromatic rings. The van der Waals surface area contributed by atoms with E-state index in [1.54, 1.807) is 6.20 Å². The maximum Gasteiger partial charge on any atom is 0.162 e. The number of hydrogen-bond donors (Lipinski definition) is 2. The number of aromatic nitrogens is 2. The van der Waals surface area contributed by atoms with Crippen molar-refractivity contribution in [1.82, 2.24) is 8.96 Å². The summed E-state index contributed by atoms with van der Waals surface area (Å²) in [6.45, 7) is 4.03. The Balaban J connectivity index is 1.44. The second-order valence-electron chi connectivity index (χ2n) is 6.17. The number of nitrogens with zero attached hydrogens (tertiary/aromatic N) is 4. The molecular weight excluding hydrogens is 308 g/mol. The molecular formula is C17H22N4OS. The minimum Gasteiger partial charge on any atom is -0.382 e. The maximum atomic E-state index is 10.9. The largest absolute Gasteiger partial charge is 0.382 e. The van der Waals surface area contributed by atoms with Crippen molar-refractivity contribution in [3.05, 3.63) is 42.9 Å². The number of benzene rings is 1. The molecule has 1 saturated heterocycles. The van der Waals surface area contributed by atoms with Gasteiger partial charge in [0, 0.05) is 18.8 Å². The monoisotopic (exact) mass is 330 g/mol. The summed E-state index contributed by atoms with van der Waals surface area (Å²) in [7, 11) is 0. The molecule has 1 fully saturated rings. The highest BCUT2D eigenvalue weighted by molar-refractivity contribution is 8.29. The van der Waals surface area contributed by atoms with E-state index in [0.717, 1.165) is 36.8 Å². The number of aliphatic imine (C=N–C) groups is 1. The highest BCUT2D eigenvalue weighted by Crippen LogP contribution is 2.47. The van der Waals surface area contributed by atoms with Gasteiger partial charge in [-0.05, 0) is 37.8 Å². The summed E-state index contributed by atoms with van der Waals surface area (Å²) in [5.41, 5.74) is 0.948. The molecule has 122 valence electrons. The number of aliphatic hydroxyl groups is 1. The lowest BCUT2D eigenvalue weighted by Gasteiger charge is -2.38. The van der Waals surface area contributed by atoms with Crippen molar-refractivity contribution in [2.75, 3.05) is 18.0 Å². The van der Waals surface area contributed by atoms with Crippen molar-refractivity contribution in [2.45, 2.75) is 25.2 Å². The van der Waals surface area contributed by atoms with Gasteiger partial charge in [-0.1, -0.05) is 18.2 Å². The zero-order valence-corrected chi connectivity index (χ0v) is 14.1. The van der Waals surface area contributed by atoms with E-state index in [-0.39, 0.29) is 5.44 Å². The van der Waals surface area contributed by atoms with Gasteiger partial charge in [0.05, 0.1) is 11.2 Å². The molecule has 5 nitrogen and oxygen atoms in total. The van der Waals surface area contributed by atoms with Crippen molar-refractivity contribution in [3.63, 3.8) is 0 Å². The smallest absolute Gasteiger partial charge is 0.162 e. The van der Waals surface area contributed by atoms with Gasteiger partial charge in [0.15, 0.2) is 5.82 Å². The van der Waals surface area contributed by atoms with Crippen molar-refractivity contribution >= 4 is 27.6 Å². The van der Waals surface area contributed by atoms with Crippen LogP contribution in [-0.2, 0) is 0 Å². The van der Waals surface area contributed by atoms with Crippen LogP contribution in [0, 0.1) is 5.92 Å². The lowest BCUT2D eigenvalue weighted by molar-refractivity contribution is 0.169. The fraction of sp³-hybridized carbons (Fsp3) is 0.412. The van der Waals surface area contributed by atoms with Crippen LogP contribution in [0.5, 0.6) is 0 Å². The summed E-state index contributed by atoms with van der Waals surface area (Å²) in [5.74, 6) is 1.22. The molecule has 3 heterocycles. The molecule has 23 heavy (non-hydrogen) atoms. The topological polar surface area (TPSA) is 53.6 Å². The average molecular weight is 330 g/mol. The van der Waals surface area contributed by atoms with Crippen LogP contribution in [0.1, 0.15) is 19.8 Å². The Kier molecular flexibility index (Phi) is 3.87. The Labute approximate surface area is 139 Å². The van der Waals surface area contributed by atoms with Crippen molar-refractivity contribution in [1.29, 1.82) is 0 Å². The number of anilines is 1. The Morgan fingerprint density at radius 1 is 1.22 bits per heavy atom. The number of imidazole rings is 1. The van der Waals surface area contributed by atoms with Crippen LogP contribution in [0.4, 0.5) is 11.5 Å². The van der Waals surface area contributed by atoms with Gasteiger partial charge in [0.1, 0.15) is 11.8 Å². The molecule has 0 bridgehead atoms. The Hall–Kier alpha value is -1.79. The third-order valence-electron chi connectivity index (χ3n) is 4.77. The lowest BCUT2D eigenvalue weighted by atomic mass is 9.97. The molecule has 0 aliphatic carbocycles. The first kappa shape index (κ1) is 14.8. The molecule has 0 radical (unpaired) electrons. The van der Waals surface area contributed by atoms with Gasteiger partial charge < -0.3 is 10.0 Å². The van der Waals surface area contributed by atoms with Crippen LogP contribution in [0.2, 0.25) is 0 Å². The fourth-order valence-corrected chi connectivity index (χ4v) is 5.85. The molecule has 2 atom stereocenters. The predicted octanol–water partition coefficient (Wildman–Crippen LogP) is 2.95. The van der Waals surface area contributed by atoms with E-state index in [1.807, 2.05) is 19.3 Å². The summed E-state index contributed by atoms with van der Waals surface area (Å²) < 4.78 is 2.07. The number of rotatable bonds is 3. The van der Waals surface area contributed by atoms with E-state index >= 15 is 0 Å². The van der Waals surface area contributed by atoms with Crippen LogP contribution in [-0.4, -0.2) is 37.6 Å². The molecule has 1 aromatic carbocycles. The maximum absolute atomic E-state index is 10.9. The summed E-state index contributed by atoms with van der Waals surface area (Å²) in [6.07, 6.45) is 5.62. The van der Waals surface area contributed by atoms with Crippen LogP contribution in [0.25, 0.3) is 0 Å². The third-order valence-corrected chi connectivity index (χ3v) is 7.23. The highest BCUT2D eigenvalue weighted by atomic mass is 32.2. The van der Waals surface area contributed by atoms with Gasteiger partial charge in [-0.3, -0.25) is 3.97 Å². The van der Waals surface area contributed by atoms with E-state index in [1.165, 1.54) is 5.69 Å². The summed E-state index contributed by atoms with van der Waals surface area (Å²) in [5, 5.41) is 12.0. The lowest BCUT2D eigenvalue weighted by Crippen LogP contribution is -2.38. The van der Waals surface area contributed by atoms with Crippen LogP contribution in [0.15, 0.2) is 47.8 Å². The molecule has 0 amide bonds. The summed E-state index contributed by atoms with van der Waals surface area (Å²) in [4.78, 5) is 11.1. The zero-order valence-electron chi connectivity index (χ0n) is 13.2. The van der Waals surface area contributed by atoms with E-state index in [9.17, 15) is 5.11 Å². The third kappa shape index (κ3) is 2.66. The first-order valence-electron chi connectivity index (χ1n) is 8.09. The van der Waals surface area contributed by atoms with Crippen molar-refractivity contribution < 1.29 is 5.11 Å². The fourth-order valence-electron chi connectivity index (χ4n) is 3.51. The van der Waals surface area contributed by atoms with E-state index in [0.29, 0.717) is 5.92 Å². The minimum atomic E-state index is -0.797. The van der Waals surface area contributed by atoms with E-state index in [2.05, 4.69) is 43.1 Å². The molecule has 1 N–H and O–H groups in total. The van der Waals surface area contributed by atoms with E-state index in [4.69, 9.17) is 0 Å². The van der Waals surface area contributed by atoms with Crippen LogP contribution < -0.4 is 4.90 Å². The quantitative estimate of drug-likeness (QED) is 0.851. The molecule has 2 unspecified atom stereocenters. The number of piperidine rings is 1. The predicted molar refractivity (Wildman–Crippen MR) is 96.8 cm³/mol. The number of para-hydroxylation sites is 1. The Bertz CT molecular complexity index is 706. The van der Waals surface area contributed by atoms with Gasteiger partial charge in [0.2, 0.25) is 0 Å². The van der Waals surface area contributed by atoms with Gasteiger partial charge in [0.25, 0.3) is 0 Å². The van der Waals surface area contributed by atoms with Gasteiger partial charge >= 0.3 is 0 Å². The second-order valence-corrected chi connectivity index (χ2v) is 8.47. The molecule has 2 aliphatic heterocycles. The van der Waals surface area contributed by atoms with Gasteiger partial charge in [-0.15, -0.1) is 11.1 Å². The first-order valence-corrected chi connectivity index (χ1v) is 9.45. The second kappa shape index (κ2) is 6.02. The van der Waals surface area contributed by atoms with E-state index < -0.39 is 11.1 Å². The first-order chi connectivity index (χ1) is 11.2. The molecule has 0 saturated carbocycles. The van der Waals surface area contributed by atoms with Crippen molar-refractivity contribution in [3.8, 4) is 0 Å². The SMILES string of the molecule is CC1=Nc2cncn2[SH]1C(O)C1CCN(c2ccccc2)CC1. The molecule has 1 aromatic heterocycles. The van der Waals surface area contributed by atoms with Gasteiger partial charge in [-0.25, -0.2) is 9.98 Å². The Morgan fingerprint density at radius 3 is 2.70 bits per heavy atom. The van der Waals surface area contributed by atoms with Gasteiger partial charge in [-0.2, -0.15) is 0 Å². The minimum absolute atomic E-state index is 0.331. The Morgan fingerprint density at radius 2 is 1.96 bits per heavy atom. The van der Waals surface area contributed by atoms with Crippen LogP contribution >= 0.6 is 11.1 Å². The standard InChI is InChI=1S/C17H22N4OS/c1-13-19-16-11-18-12-21(16)23(13)17(22)14-7-9-20(10-8-14)15-5-3-2-4-6-15/h2-6,11-12,14,17,22-23H,7-10H2,1H3. The number of aliphatic hydroxyl groups excluding tert-OH is 1. The summed E-state index contributed by atoms with van der Waals surface area (Å²) >= 11 is -0.797. The summed E-state index contributed by atoms with van der Waals surface area (Å²) in [6, 6.07) is 10.5. The number of hydrogen-bond acceptors (Lipinski definition) is 4. The highest BCUT2D eigenvalue weighted by Gasteiger charge is 2.34. The zero-order chi connectivity index (χ0) is 15.8. The van der Waals surface area contributed by atoms with Crippen LogP contribution in [0.3, 0.4) is 0 Å². The molecule has 4 rings (SSSR count). The van der Waals surface area contributed by atoms with Crippen molar-refractivity contribution in [2.24, 2.45) is 10.9 Å². The molecule has 2 aliphatic rings. The molecule has 6 heteroatoms. The molecule has 0 spiro atoms. The number of thiol groups is 1. The normalized spacial score (nSPS) is 24.3. The number of fused-ring (bicyclic) bond motifs is 1. The average Bonchev–Trinajstić information content (AvgIpc) is 3.15.